The van der Waals surface area contributed by atoms with Crippen LogP contribution in [0.2, 0.25) is 0 Å². The second-order valence-electron chi connectivity index (χ2n) is 3.14. The molecule has 0 amide bonds. The van der Waals surface area contributed by atoms with Gasteiger partial charge in [0.2, 0.25) is 0 Å². The van der Waals surface area contributed by atoms with Gasteiger partial charge in [-0.1, -0.05) is 0 Å². The van der Waals surface area contributed by atoms with Gasteiger partial charge in [0.1, 0.15) is 6.10 Å². The third kappa shape index (κ3) is 2.75. The fourth-order valence-electron chi connectivity index (χ4n) is 1.25. The van der Waals surface area contributed by atoms with Crippen molar-refractivity contribution in [2.45, 2.75) is 18.6 Å². The number of hydrogen-bond donors (Lipinski definition) is 4. The van der Waals surface area contributed by atoms with Gasteiger partial charge in [-0.2, -0.15) is 11.3 Å². The number of aliphatic hydroxyl groups is 2. The van der Waals surface area contributed by atoms with E-state index in [1.165, 1.54) is 22.1 Å². The third-order valence-corrected chi connectivity index (χ3v) is 2.83. The molecule has 0 aliphatic heterocycles. The molecule has 2 atom stereocenters. The molecule has 0 fully saturated rings. The summed E-state index contributed by atoms with van der Waals surface area (Å²) in [5.74, 6) is -1.11. The van der Waals surface area contributed by atoms with E-state index in [0.717, 1.165) is 0 Å². The van der Waals surface area contributed by atoms with Crippen molar-refractivity contribution in [3.8, 4) is 0 Å². The summed E-state index contributed by atoms with van der Waals surface area (Å²) < 4.78 is 0. The Morgan fingerprint density at radius 1 is 1.47 bits per heavy atom. The van der Waals surface area contributed by atoms with E-state index in [2.05, 4.69) is 0 Å². The largest absolute Gasteiger partial charge is 0.478 e. The SMILES string of the molecule is NCCC(O)C(O)c1cscc1C(=O)O. The fourth-order valence-corrected chi connectivity index (χ4v) is 2.10. The lowest BCUT2D eigenvalue weighted by Gasteiger charge is -2.16. The number of nitrogens with two attached hydrogens (primary N) is 1. The predicted molar refractivity (Wildman–Crippen MR) is 55.9 cm³/mol. The summed E-state index contributed by atoms with van der Waals surface area (Å²) in [5.41, 5.74) is 5.51. The van der Waals surface area contributed by atoms with Crippen LogP contribution >= 0.6 is 11.3 Å². The molecule has 15 heavy (non-hydrogen) atoms. The van der Waals surface area contributed by atoms with E-state index in [1.54, 1.807) is 0 Å². The van der Waals surface area contributed by atoms with Crippen molar-refractivity contribution in [3.05, 3.63) is 21.9 Å². The zero-order valence-corrected chi connectivity index (χ0v) is 8.78. The Labute approximate surface area is 90.8 Å². The van der Waals surface area contributed by atoms with Crippen LogP contribution in [0.25, 0.3) is 0 Å². The summed E-state index contributed by atoms with van der Waals surface area (Å²) >= 11 is 1.18. The Morgan fingerprint density at radius 3 is 2.67 bits per heavy atom. The van der Waals surface area contributed by atoms with Crippen molar-refractivity contribution in [1.82, 2.24) is 0 Å². The van der Waals surface area contributed by atoms with Crippen LogP contribution in [-0.4, -0.2) is 33.9 Å². The van der Waals surface area contributed by atoms with E-state index in [9.17, 15) is 15.0 Å². The molecule has 0 aromatic carbocycles. The number of carboxylic acid groups (broad SMARTS) is 1. The molecule has 0 saturated heterocycles. The molecule has 2 unspecified atom stereocenters. The van der Waals surface area contributed by atoms with E-state index in [4.69, 9.17) is 10.8 Å². The molecule has 0 aliphatic carbocycles. The van der Waals surface area contributed by atoms with Crippen molar-refractivity contribution >= 4 is 17.3 Å². The second kappa shape index (κ2) is 5.22. The van der Waals surface area contributed by atoms with Gasteiger partial charge in [-0.15, -0.1) is 0 Å². The maximum absolute atomic E-state index is 10.8. The molecule has 5 nitrogen and oxygen atoms in total. The molecule has 1 aromatic heterocycles. The van der Waals surface area contributed by atoms with Crippen LogP contribution in [-0.2, 0) is 0 Å². The van der Waals surface area contributed by atoms with Gasteiger partial charge < -0.3 is 21.1 Å². The summed E-state index contributed by atoms with van der Waals surface area (Å²) in [6.07, 6.45) is -1.98. The summed E-state index contributed by atoms with van der Waals surface area (Å²) in [6, 6.07) is 0. The Hall–Kier alpha value is -0.950. The first kappa shape index (κ1) is 12.1. The molecular weight excluding hydrogens is 218 g/mol. The van der Waals surface area contributed by atoms with Crippen LogP contribution < -0.4 is 5.73 Å². The molecule has 0 aliphatic rings. The summed E-state index contributed by atoms with van der Waals surface area (Å²) in [4.78, 5) is 10.8. The molecular formula is C9H13NO4S. The molecule has 0 spiro atoms. The predicted octanol–water partition coefficient (Wildman–Crippen LogP) is 0.189. The van der Waals surface area contributed by atoms with Crippen LogP contribution in [0.5, 0.6) is 0 Å². The lowest BCUT2D eigenvalue weighted by atomic mass is 10.0. The first-order chi connectivity index (χ1) is 7.07. The number of aliphatic hydroxyl groups excluding tert-OH is 2. The molecule has 0 bridgehead atoms. The monoisotopic (exact) mass is 231 g/mol. The number of carboxylic acids is 1. The topological polar surface area (TPSA) is 104 Å². The van der Waals surface area contributed by atoms with Crippen LogP contribution in [0.15, 0.2) is 10.8 Å². The molecule has 0 radical (unpaired) electrons. The average molecular weight is 231 g/mol. The van der Waals surface area contributed by atoms with Crippen LogP contribution in [0, 0.1) is 0 Å². The minimum atomic E-state index is -1.19. The number of hydrogen-bond acceptors (Lipinski definition) is 5. The quantitative estimate of drug-likeness (QED) is 0.579. The molecule has 5 N–H and O–H groups in total. The van der Waals surface area contributed by atoms with Crippen molar-refractivity contribution in [1.29, 1.82) is 0 Å². The van der Waals surface area contributed by atoms with Gasteiger partial charge in [0.15, 0.2) is 0 Å². The summed E-state index contributed by atoms with van der Waals surface area (Å²) in [5, 5.41) is 30.9. The Kier molecular flexibility index (Phi) is 4.22. The maximum atomic E-state index is 10.8. The van der Waals surface area contributed by atoms with Gasteiger partial charge in [0.25, 0.3) is 0 Å². The molecule has 1 aromatic rings. The zero-order chi connectivity index (χ0) is 11.4. The first-order valence-electron chi connectivity index (χ1n) is 4.43. The first-order valence-corrected chi connectivity index (χ1v) is 5.37. The molecule has 84 valence electrons. The highest BCUT2D eigenvalue weighted by atomic mass is 32.1. The molecule has 0 saturated carbocycles. The second-order valence-corrected chi connectivity index (χ2v) is 3.88. The highest BCUT2D eigenvalue weighted by Gasteiger charge is 2.23. The number of thiophene rings is 1. The molecule has 6 heteroatoms. The minimum Gasteiger partial charge on any atom is -0.478 e. The maximum Gasteiger partial charge on any atom is 0.336 e. The minimum absolute atomic E-state index is 0.0311. The van der Waals surface area contributed by atoms with E-state index in [1.807, 2.05) is 0 Å². The van der Waals surface area contributed by atoms with Gasteiger partial charge in [0.05, 0.1) is 11.7 Å². The smallest absolute Gasteiger partial charge is 0.336 e. The highest BCUT2D eigenvalue weighted by Crippen LogP contribution is 2.25. The molecule has 1 heterocycles. The van der Waals surface area contributed by atoms with Crippen LogP contribution in [0.1, 0.15) is 28.4 Å². The average Bonchev–Trinajstić information content (AvgIpc) is 2.65. The normalized spacial score (nSPS) is 14.9. The fraction of sp³-hybridized carbons (Fsp3) is 0.444. The lowest BCUT2D eigenvalue weighted by Crippen LogP contribution is -2.22. The third-order valence-electron chi connectivity index (χ3n) is 2.07. The standard InChI is InChI=1S/C9H13NO4S/c10-2-1-7(11)8(12)5-3-15-4-6(5)9(13)14/h3-4,7-8,11-12H,1-2,10H2,(H,13,14). The van der Waals surface area contributed by atoms with Crippen molar-refractivity contribution in [2.24, 2.45) is 5.73 Å². The van der Waals surface area contributed by atoms with Gasteiger partial charge in [-0.3, -0.25) is 0 Å². The van der Waals surface area contributed by atoms with Gasteiger partial charge in [0, 0.05) is 10.9 Å². The summed E-state index contributed by atoms with van der Waals surface area (Å²) in [7, 11) is 0. The lowest BCUT2D eigenvalue weighted by molar-refractivity contribution is 0.0144. The van der Waals surface area contributed by atoms with E-state index in [0.29, 0.717) is 0 Å². The zero-order valence-electron chi connectivity index (χ0n) is 7.96. The van der Waals surface area contributed by atoms with E-state index in [-0.39, 0.29) is 24.1 Å². The van der Waals surface area contributed by atoms with Gasteiger partial charge in [-0.05, 0) is 18.3 Å². The van der Waals surface area contributed by atoms with Gasteiger partial charge >= 0.3 is 5.97 Å². The van der Waals surface area contributed by atoms with Crippen molar-refractivity contribution in [3.63, 3.8) is 0 Å². The van der Waals surface area contributed by atoms with Crippen molar-refractivity contribution in [2.75, 3.05) is 6.54 Å². The Morgan fingerprint density at radius 2 is 2.13 bits per heavy atom. The van der Waals surface area contributed by atoms with Gasteiger partial charge in [-0.25, -0.2) is 4.79 Å². The van der Waals surface area contributed by atoms with Crippen molar-refractivity contribution < 1.29 is 20.1 Å². The highest BCUT2D eigenvalue weighted by molar-refractivity contribution is 7.08. The Bertz CT molecular complexity index is 339. The van der Waals surface area contributed by atoms with Crippen LogP contribution in [0.3, 0.4) is 0 Å². The van der Waals surface area contributed by atoms with E-state index < -0.39 is 18.2 Å². The summed E-state index contributed by atoms with van der Waals surface area (Å²) in [6.45, 7) is 0.241. The number of aromatic carboxylic acids is 1. The van der Waals surface area contributed by atoms with E-state index >= 15 is 0 Å². The van der Waals surface area contributed by atoms with Crippen LogP contribution in [0.4, 0.5) is 0 Å². The number of rotatable bonds is 5. The number of carbonyl (C=O) groups is 1. The molecule has 1 rings (SSSR count). The Balaban J connectivity index is 2.85.